The third-order valence-electron chi connectivity index (χ3n) is 6.70. The molecule has 39 heavy (non-hydrogen) atoms. The third kappa shape index (κ3) is 6.62. The number of rotatable bonds is 9. The lowest BCUT2D eigenvalue weighted by atomic mass is 10.1. The van der Waals surface area contributed by atoms with Crippen LogP contribution in [0.1, 0.15) is 11.3 Å². The van der Waals surface area contributed by atoms with Crippen LogP contribution >= 0.6 is 11.8 Å². The first-order valence-corrected chi connectivity index (χ1v) is 15.3. The molecule has 1 aliphatic heterocycles. The van der Waals surface area contributed by atoms with Crippen molar-refractivity contribution in [1.82, 2.24) is 9.21 Å². The molecule has 0 saturated carbocycles. The Kier molecular flexibility index (Phi) is 8.52. The number of hydrogen-bond acceptors (Lipinski definition) is 7. The molecule has 1 fully saturated rings. The van der Waals surface area contributed by atoms with Crippen LogP contribution in [0.2, 0.25) is 0 Å². The van der Waals surface area contributed by atoms with Crippen molar-refractivity contribution in [3.05, 3.63) is 113 Å². The van der Waals surface area contributed by atoms with Gasteiger partial charge in [0.1, 0.15) is 18.6 Å². The molecule has 2 heterocycles. The second-order valence-corrected chi connectivity index (χ2v) is 12.1. The van der Waals surface area contributed by atoms with Crippen molar-refractivity contribution in [2.24, 2.45) is 0 Å². The van der Waals surface area contributed by atoms with Crippen LogP contribution in [0.25, 0.3) is 11.1 Å². The first kappa shape index (κ1) is 27.2. The van der Waals surface area contributed by atoms with Crippen LogP contribution in [0, 0.1) is 0 Å². The molecule has 3 aromatic carbocycles. The predicted octanol–water partition coefficient (Wildman–Crippen LogP) is 5.11. The molecule has 9 heteroatoms. The molecule has 0 unspecified atom stereocenters. The summed E-state index contributed by atoms with van der Waals surface area (Å²) in [4.78, 5) is 16.1. The normalized spacial score (nSPS) is 14.8. The summed E-state index contributed by atoms with van der Waals surface area (Å²) in [6, 6.07) is 26.2. The van der Waals surface area contributed by atoms with Crippen LogP contribution in [0.5, 0.6) is 5.75 Å². The molecule has 1 aromatic heterocycles. The van der Waals surface area contributed by atoms with E-state index in [1.807, 2.05) is 66.9 Å². The van der Waals surface area contributed by atoms with Crippen molar-refractivity contribution in [3.63, 3.8) is 0 Å². The van der Waals surface area contributed by atoms with E-state index in [4.69, 9.17) is 9.15 Å². The van der Waals surface area contributed by atoms with Gasteiger partial charge in [0.2, 0.25) is 21.2 Å². The number of thioether (sulfide) groups is 1. The highest BCUT2D eigenvalue weighted by atomic mass is 32.2. The van der Waals surface area contributed by atoms with E-state index >= 15 is 0 Å². The number of piperazine rings is 1. The second-order valence-electron chi connectivity index (χ2n) is 9.29. The summed E-state index contributed by atoms with van der Waals surface area (Å²) in [7, 11) is -3.62. The van der Waals surface area contributed by atoms with Gasteiger partial charge >= 0.3 is 0 Å². The lowest BCUT2D eigenvalue weighted by Crippen LogP contribution is -2.48. The molecule has 0 radical (unpaired) electrons. The fourth-order valence-corrected chi connectivity index (χ4v) is 6.35. The zero-order chi connectivity index (χ0) is 27.2. The van der Waals surface area contributed by atoms with Gasteiger partial charge in [-0.2, -0.15) is 4.31 Å². The van der Waals surface area contributed by atoms with Crippen molar-refractivity contribution in [2.45, 2.75) is 22.9 Å². The van der Waals surface area contributed by atoms with Gasteiger partial charge in [-0.25, -0.2) is 8.42 Å². The van der Waals surface area contributed by atoms with Crippen LogP contribution in [0.15, 0.2) is 110 Å². The van der Waals surface area contributed by atoms with E-state index in [1.54, 1.807) is 30.0 Å². The number of ether oxygens (including phenoxy) is 1. The summed E-state index contributed by atoms with van der Waals surface area (Å²) in [5.74, 6) is 0.685. The molecule has 0 spiro atoms. The minimum absolute atomic E-state index is 0.168. The number of sulfonamides is 1. The monoisotopic (exact) mass is 562 g/mol. The molecular formula is C30H30N2O5S2. The van der Waals surface area contributed by atoms with E-state index in [1.165, 1.54) is 21.5 Å². The Morgan fingerprint density at radius 3 is 2.28 bits per heavy atom. The van der Waals surface area contributed by atoms with Crippen molar-refractivity contribution in [2.75, 3.05) is 32.4 Å². The number of hydrogen-bond donors (Lipinski definition) is 0. The third-order valence-corrected chi connectivity index (χ3v) is 9.33. The highest BCUT2D eigenvalue weighted by Crippen LogP contribution is 2.25. The summed E-state index contributed by atoms with van der Waals surface area (Å²) in [5, 5.41) is 0. The van der Waals surface area contributed by atoms with Gasteiger partial charge in [-0.1, -0.05) is 54.6 Å². The van der Waals surface area contributed by atoms with Crippen molar-refractivity contribution < 1.29 is 17.6 Å². The molecule has 0 aliphatic carbocycles. The number of benzene rings is 3. The van der Waals surface area contributed by atoms with Crippen LogP contribution in [0.3, 0.4) is 0 Å². The summed E-state index contributed by atoms with van der Waals surface area (Å²) in [6.45, 7) is 2.49. The van der Waals surface area contributed by atoms with Gasteiger partial charge in [-0.15, -0.1) is 11.8 Å². The first-order chi connectivity index (χ1) is 18.9. The van der Waals surface area contributed by atoms with Crippen LogP contribution < -0.4 is 10.2 Å². The Labute approximate surface area is 233 Å². The number of nitrogens with zero attached hydrogens (tertiary/aromatic N) is 2. The minimum atomic E-state index is -3.62. The lowest BCUT2D eigenvalue weighted by Gasteiger charge is -2.33. The molecular weight excluding hydrogens is 532 g/mol. The van der Waals surface area contributed by atoms with Gasteiger partial charge in [0, 0.05) is 37.1 Å². The Balaban J connectivity index is 1.17. The average molecular weight is 563 g/mol. The zero-order valence-corrected chi connectivity index (χ0v) is 23.3. The summed E-state index contributed by atoms with van der Waals surface area (Å²) >= 11 is 1.67. The fraction of sp³-hybridized carbons (Fsp3) is 0.233. The molecule has 1 aliphatic rings. The summed E-state index contributed by atoms with van der Waals surface area (Å²) in [5.41, 5.74) is 2.57. The van der Waals surface area contributed by atoms with Gasteiger partial charge in [0.15, 0.2) is 0 Å². The Hall–Kier alpha value is -3.37. The Morgan fingerprint density at radius 2 is 1.59 bits per heavy atom. The van der Waals surface area contributed by atoms with E-state index in [-0.39, 0.29) is 17.8 Å². The molecule has 5 rings (SSSR count). The second kappa shape index (κ2) is 12.2. The summed E-state index contributed by atoms with van der Waals surface area (Å²) < 4.78 is 39.6. The van der Waals surface area contributed by atoms with Gasteiger partial charge in [0.05, 0.1) is 11.4 Å². The minimum Gasteiger partial charge on any atom is -0.482 e. The molecule has 0 N–H and O–H groups in total. The van der Waals surface area contributed by atoms with Gasteiger partial charge in [-0.3, -0.25) is 9.69 Å². The Morgan fingerprint density at radius 1 is 0.872 bits per heavy atom. The molecule has 1 saturated heterocycles. The maximum atomic E-state index is 13.3. The molecule has 7 nitrogen and oxygen atoms in total. The highest BCUT2D eigenvalue weighted by Gasteiger charge is 2.29. The average Bonchev–Trinajstić information content (AvgIpc) is 2.98. The predicted molar refractivity (Wildman–Crippen MR) is 153 cm³/mol. The molecule has 0 amide bonds. The van der Waals surface area contributed by atoms with E-state index in [0.29, 0.717) is 43.4 Å². The van der Waals surface area contributed by atoms with E-state index in [0.717, 1.165) is 16.7 Å². The van der Waals surface area contributed by atoms with E-state index < -0.39 is 10.0 Å². The molecule has 202 valence electrons. The van der Waals surface area contributed by atoms with Crippen molar-refractivity contribution in [1.29, 1.82) is 0 Å². The van der Waals surface area contributed by atoms with Gasteiger partial charge < -0.3 is 9.15 Å². The van der Waals surface area contributed by atoms with E-state index in [9.17, 15) is 13.2 Å². The highest BCUT2D eigenvalue weighted by molar-refractivity contribution is 7.98. The van der Waals surface area contributed by atoms with Crippen molar-refractivity contribution in [3.8, 4) is 16.9 Å². The van der Waals surface area contributed by atoms with Crippen LogP contribution in [-0.4, -0.2) is 50.1 Å². The van der Waals surface area contributed by atoms with Gasteiger partial charge in [-0.05, 0) is 47.2 Å². The zero-order valence-electron chi connectivity index (χ0n) is 21.7. The lowest BCUT2D eigenvalue weighted by molar-refractivity contribution is 0.169. The standard InChI is InChI=1S/C30H30N2O5S2/c1-38-27-12-10-23(11-13-27)21-37-30-22-36-26(19-29(30)33)20-31-14-16-32(17-15-31)39(34,35)28-9-5-8-25(18-28)24-6-3-2-4-7-24/h2-13,18-19,22H,14-17,20-21H2,1H3. The van der Waals surface area contributed by atoms with Crippen LogP contribution in [0.4, 0.5) is 0 Å². The van der Waals surface area contributed by atoms with Gasteiger partial charge in [0.25, 0.3) is 0 Å². The topological polar surface area (TPSA) is 80.1 Å². The molecule has 0 atom stereocenters. The summed E-state index contributed by atoms with van der Waals surface area (Å²) in [6.07, 6.45) is 3.38. The maximum absolute atomic E-state index is 13.3. The van der Waals surface area contributed by atoms with Crippen molar-refractivity contribution >= 4 is 21.8 Å². The smallest absolute Gasteiger partial charge is 0.243 e. The molecule has 4 aromatic rings. The first-order valence-electron chi connectivity index (χ1n) is 12.7. The van der Waals surface area contributed by atoms with Crippen LogP contribution in [-0.2, 0) is 23.2 Å². The quantitative estimate of drug-likeness (QED) is 0.262. The molecule has 0 bridgehead atoms. The fourth-order valence-electron chi connectivity index (χ4n) is 4.47. The largest absolute Gasteiger partial charge is 0.482 e. The Bertz CT molecular complexity index is 1560. The maximum Gasteiger partial charge on any atom is 0.243 e. The van der Waals surface area contributed by atoms with E-state index in [2.05, 4.69) is 4.90 Å². The SMILES string of the molecule is CSc1ccc(COc2coc(CN3CCN(S(=O)(=O)c4cccc(-c5ccccc5)c4)CC3)cc2=O)cc1.